The molecular weight excluding hydrogens is 350 g/mol. The number of nitrogens with one attached hydrogen (secondary N) is 1. The lowest BCUT2D eigenvalue weighted by atomic mass is 9.90. The average Bonchev–Trinajstić information content (AvgIpc) is 2.62. The molecule has 1 aliphatic rings. The molecule has 4 N–H and O–H groups in total. The molecule has 2 rings (SSSR count). The van der Waals surface area contributed by atoms with E-state index in [1.165, 1.54) is 31.5 Å². The average molecular weight is 379 g/mol. The minimum absolute atomic E-state index is 0.196. The molecule has 0 spiro atoms. The number of imide groups is 1. The molecule has 0 bridgehead atoms. The van der Waals surface area contributed by atoms with Gasteiger partial charge in [-0.3, -0.25) is 10.1 Å². The summed E-state index contributed by atoms with van der Waals surface area (Å²) in [6, 6.07) is 0.691. The summed E-state index contributed by atoms with van der Waals surface area (Å²) >= 11 is 0. The molecule has 1 heterocycles. The van der Waals surface area contributed by atoms with E-state index in [0.717, 1.165) is 12.8 Å². The Labute approximate surface area is 159 Å². The van der Waals surface area contributed by atoms with Gasteiger partial charge in [-0.2, -0.15) is 0 Å². The van der Waals surface area contributed by atoms with Gasteiger partial charge in [-0.25, -0.2) is 9.78 Å². The monoisotopic (exact) mass is 379 g/mol. The van der Waals surface area contributed by atoms with E-state index in [-0.39, 0.29) is 23.3 Å². The van der Waals surface area contributed by atoms with E-state index in [9.17, 15) is 14.7 Å². The second-order valence-electron chi connectivity index (χ2n) is 7.39. The second kappa shape index (κ2) is 10.1. The first-order valence-electron chi connectivity index (χ1n) is 9.45. The largest absolute Gasteiger partial charge is 0.501 e. The number of ether oxygens (including phenoxy) is 2. The third-order valence-electron chi connectivity index (χ3n) is 4.53. The number of aromatic nitrogens is 1. The van der Waals surface area contributed by atoms with Crippen LogP contribution in [0.15, 0.2) is 12.3 Å². The molecule has 1 aromatic heterocycles. The number of nitrogens with two attached hydrogens (primary N) is 1. The SMILES string of the molecule is CC(C)C[C@H](N)C(=O)NC(=O)Oc1nccc(OCC2CCCCC2)c1O. The number of amides is 2. The van der Waals surface area contributed by atoms with Gasteiger partial charge in [-0.1, -0.05) is 33.1 Å². The van der Waals surface area contributed by atoms with Crippen molar-refractivity contribution in [1.82, 2.24) is 10.3 Å². The number of pyridine rings is 1. The van der Waals surface area contributed by atoms with E-state index in [1.54, 1.807) is 0 Å². The normalized spacial score (nSPS) is 16.0. The summed E-state index contributed by atoms with van der Waals surface area (Å²) in [5.74, 6) is -0.468. The molecule has 0 saturated heterocycles. The van der Waals surface area contributed by atoms with Crippen LogP contribution in [0.3, 0.4) is 0 Å². The second-order valence-corrected chi connectivity index (χ2v) is 7.39. The van der Waals surface area contributed by atoms with Crippen molar-refractivity contribution in [2.45, 2.75) is 58.4 Å². The Bertz CT molecular complexity index is 644. The lowest BCUT2D eigenvalue weighted by Gasteiger charge is -2.22. The number of nitrogens with zero attached hydrogens (tertiary/aromatic N) is 1. The fourth-order valence-electron chi connectivity index (χ4n) is 3.09. The van der Waals surface area contributed by atoms with Crippen molar-refractivity contribution in [3.8, 4) is 17.4 Å². The molecule has 0 aromatic carbocycles. The van der Waals surface area contributed by atoms with Crippen LogP contribution in [0, 0.1) is 11.8 Å². The highest BCUT2D eigenvalue weighted by Gasteiger charge is 2.21. The fourth-order valence-corrected chi connectivity index (χ4v) is 3.09. The number of rotatable bonds is 7. The van der Waals surface area contributed by atoms with Crippen LogP contribution in [-0.4, -0.2) is 34.7 Å². The molecule has 1 saturated carbocycles. The molecule has 1 aromatic rings. The number of hydrogen-bond acceptors (Lipinski definition) is 7. The molecule has 8 heteroatoms. The third-order valence-corrected chi connectivity index (χ3v) is 4.53. The van der Waals surface area contributed by atoms with Crippen molar-refractivity contribution in [3.63, 3.8) is 0 Å². The van der Waals surface area contributed by atoms with Gasteiger partial charge in [0.1, 0.15) is 0 Å². The molecule has 8 nitrogen and oxygen atoms in total. The van der Waals surface area contributed by atoms with Crippen LogP contribution < -0.4 is 20.5 Å². The minimum Gasteiger partial charge on any atom is -0.501 e. The number of aromatic hydroxyl groups is 1. The first-order valence-corrected chi connectivity index (χ1v) is 9.45. The lowest BCUT2D eigenvalue weighted by molar-refractivity contribution is -0.121. The van der Waals surface area contributed by atoms with Gasteiger partial charge in [0.05, 0.1) is 12.6 Å². The van der Waals surface area contributed by atoms with Gasteiger partial charge in [-0.15, -0.1) is 0 Å². The maximum absolute atomic E-state index is 11.9. The van der Waals surface area contributed by atoms with Gasteiger partial charge in [0.25, 0.3) is 5.88 Å². The van der Waals surface area contributed by atoms with E-state index in [4.69, 9.17) is 15.2 Å². The van der Waals surface area contributed by atoms with Crippen LogP contribution in [0.25, 0.3) is 0 Å². The highest BCUT2D eigenvalue weighted by Crippen LogP contribution is 2.34. The molecule has 1 atom stereocenters. The summed E-state index contributed by atoms with van der Waals surface area (Å²) in [4.78, 5) is 27.6. The highest BCUT2D eigenvalue weighted by atomic mass is 16.6. The Morgan fingerprint density at radius 2 is 2.04 bits per heavy atom. The molecule has 2 amide bonds. The third kappa shape index (κ3) is 6.71. The van der Waals surface area contributed by atoms with Gasteiger partial charge >= 0.3 is 6.09 Å². The summed E-state index contributed by atoms with van der Waals surface area (Å²) in [6.45, 7) is 4.34. The summed E-state index contributed by atoms with van der Waals surface area (Å²) in [5, 5.41) is 12.3. The van der Waals surface area contributed by atoms with E-state index in [2.05, 4.69) is 4.98 Å². The van der Waals surface area contributed by atoms with Crippen LogP contribution in [0.5, 0.6) is 17.4 Å². The Morgan fingerprint density at radius 3 is 2.70 bits per heavy atom. The number of hydrogen-bond donors (Lipinski definition) is 3. The molecule has 0 aliphatic heterocycles. The highest BCUT2D eigenvalue weighted by molar-refractivity contribution is 5.95. The van der Waals surface area contributed by atoms with Crippen LogP contribution in [0.1, 0.15) is 52.4 Å². The van der Waals surface area contributed by atoms with Crippen LogP contribution >= 0.6 is 0 Å². The maximum Gasteiger partial charge on any atom is 0.420 e. The minimum atomic E-state index is -1.05. The van der Waals surface area contributed by atoms with Gasteiger partial charge in [0.15, 0.2) is 5.75 Å². The Morgan fingerprint density at radius 1 is 1.33 bits per heavy atom. The molecule has 27 heavy (non-hydrogen) atoms. The smallest absolute Gasteiger partial charge is 0.420 e. The summed E-state index contributed by atoms with van der Waals surface area (Å²) in [6.07, 6.45) is 6.61. The van der Waals surface area contributed by atoms with E-state index < -0.39 is 18.0 Å². The predicted molar refractivity (Wildman–Crippen MR) is 99.6 cm³/mol. The van der Waals surface area contributed by atoms with E-state index in [0.29, 0.717) is 18.9 Å². The quantitative estimate of drug-likeness (QED) is 0.665. The Kier molecular flexibility index (Phi) is 7.84. The van der Waals surface area contributed by atoms with Crippen molar-refractivity contribution in [1.29, 1.82) is 0 Å². The van der Waals surface area contributed by atoms with Gasteiger partial charge in [0, 0.05) is 12.3 Å². The molecule has 1 fully saturated rings. The van der Waals surface area contributed by atoms with E-state index in [1.807, 2.05) is 19.2 Å². The molecule has 1 aliphatic carbocycles. The standard InChI is InChI=1S/C19H29N3O5/c1-12(2)10-14(20)17(24)22-19(25)27-18-16(23)15(8-9-21-18)26-11-13-6-4-3-5-7-13/h8-9,12-14,23H,3-7,10-11,20H2,1-2H3,(H,22,24,25)/t14-/m0/s1. The molecule has 0 unspecified atom stereocenters. The van der Waals surface area contributed by atoms with Crippen molar-refractivity contribution in [2.75, 3.05) is 6.61 Å². The lowest BCUT2D eigenvalue weighted by Crippen LogP contribution is -2.45. The predicted octanol–water partition coefficient (Wildman–Crippen LogP) is 2.73. The Balaban J connectivity index is 1.90. The van der Waals surface area contributed by atoms with Gasteiger partial charge in [-0.05, 0) is 31.1 Å². The zero-order valence-corrected chi connectivity index (χ0v) is 15.9. The first-order chi connectivity index (χ1) is 12.9. The van der Waals surface area contributed by atoms with Crippen LogP contribution in [0.2, 0.25) is 0 Å². The maximum atomic E-state index is 11.9. The number of carbonyl (C=O) groups excluding carboxylic acids is 2. The van der Waals surface area contributed by atoms with Crippen molar-refractivity contribution in [2.24, 2.45) is 17.6 Å². The summed E-state index contributed by atoms with van der Waals surface area (Å²) in [5.41, 5.74) is 5.72. The van der Waals surface area contributed by atoms with Crippen LogP contribution in [-0.2, 0) is 4.79 Å². The summed E-state index contributed by atoms with van der Waals surface area (Å²) in [7, 11) is 0. The van der Waals surface area contributed by atoms with Crippen molar-refractivity contribution >= 4 is 12.0 Å². The van der Waals surface area contributed by atoms with E-state index >= 15 is 0 Å². The first kappa shape index (κ1) is 21.0. The van der Waals surface area contributed by atoms with Crippen molar-refractivity contribution in [3.05, 3.63) is 12.3 Å². The van der Waals surface area contributed by atoms with Gasteiger partial charge in [0.2, 0.25) is 11.7 Å². The van der Waals surface area contributed by atoms with Crippen molar-refractivity contribution < 1.29 is 24.2 Å². The molecular formula is C19H29N3O5. The molecule has 150 valence electrons. The van der Waals surface area contributed by atoms with Gasteiger partial charge < -0.3 is 20.3 Å². The fraction of sp³-hybridized carbons (Fsp3) is 0.632. The zero-order valence-electron chi connectivity index (χ0n) is 15.9. The summed E-state index contributed by atoms with van der Waals surface area (Å²) < 4.78 is 10.6. The zero-order chi connectivity index (χ0) is 19.8. The Hall–Kier alpha value is -2.35. The van der Waals surface area contributed by atoms with Crippen LogP contribution in [0.4, 0.5) is 4.79 Å². The molecule has 0 radical (unpaired) electrons. The topological polar surface area (TPSA) is 124 Å². The number of carbonyl (C=O) groups is 2.